The molecule has 1 heterocycles. The molecular weight excluding hydrogens is 370 g/mol. The number of rotatable bonds is 6. The van der Waals surface area contributed by atoms with Gasteiger partial charge in [0.1, 0.15) is 12.4 Å². The maximum absolute atomic E-state index is 13.3. The molecule has 0 unspecified atom stereocenters. The minimum atomic E-state index is -0.509. The number of hydrogen-bond donors (Lipinski definition) is 0. The molecule has 0 bridgehead atoms. The van der Waals surface area contributed by atoms with Crippen LogP contribution in [0.5, 0.6) is 5.75 Å². The lowest BCUT2D eigenvalue weighted by molar-refractivity contribution is -0.137. The van der Waals surface area contributed by atoms with E-state index in [2.05, 4.69) is 19.1 Å². The van der Waals surface area contributed by atoms with Crippen molar-refractivity contribution in [3.63, 3.8) is 0 Å². The van der Waals surface area contributed by atoms with Crippen molar-refractivity contribution < 1.29 is 23.8 Å². The van der Waals surface area contributed by atoms with Crippen molar-refractivity contribution in [2.24, 2.45) is 29.6 Å². The summed E-state index contributed by atoms with van der Waals surface area (Å²) in [4.78, 5) is 26.6. The largest absolute Gasteiger partial charge is 0.497 e. The number of allylic oxidation sites excluding steroid dienone is 1. The molecule has 1 aliphatic heterocycles. The van der Waals surface area contributed by atoms with Crippen LogP contribution >= 0.6 is 0 Å². The molecule has 3 aliphatic rings. The SMILES string of the molecule is COc1ccc(COC[C@@H]2C=C[C@H]3[C@@H](CC[C@@H]3C)[C@@H]2C(=O)N2CCOC2=O)cc1. The minimum absolute atomic E-state index is 0.0271. The summed E-state index contributed by atoms with van der Waals surface area (Å²) in [5.41, 5.74) is 1.06. The Balaban J connectivity index is 1.45. The van der Waals surface area contributed by atoms with Crippen LogP contribution < -0.4 is 4.74 Å². The van der Waals surface area contributed by atoms with Gasteiger partial charge in [-0.05, 0) is 48.3 Å². The maximum atomic E-state index is 13.3. The molecule has 0 spiro atoms. The summed E-state index contributed by atoms with van der Waals surface area (Å²) in [6, 6.07) is 7.78. The molecule has 29 heavy (non-hydrogen) atoms. The molecule has 0 radical (unpaired) electrons. The summed E-state index contributed by atoms with van der Waals surface area (Å²) < 4.78 is 16.2. The summed E-state index contributed by atoms with van der Waals surface area (Å²) >= 11 is 0. The predicted octanol–water partition coefficient (Wildman–Crippen LogP) is 3.66. The fourth-order valence-electron chi connectivity index (χ4n) is 5.06. The number of ether oxygens (including phenoxy) is 3. The molecule has 4 rings (SSSR count). The molecule has 2 aliphatic carbocycles. The number of carbonyl (C=O) groups is 2. The second kappa shape index (κ2) is 8.57. The number of imide groups is 1. The van der Waals surface area contributed by atoms with Gasteiger partial charge >= 0.3 is 6.09 Å². The number of carbonyl (C=O) groups excluding carboxylic acids is 2. The first-order valence-corrected chi connectivity index (χ1v) is 10.5. The molecule has 1 saturated carbocycles. The Hall–Kier alpha value is -2.34. The fourth-order valence-corrected chi connectivity index (χ4v) is 5.06. The summed E-state index contributed by atoms with van der Waals surface area (Å²) in [5.74, 6) is 1.70. The van der Waals surface area contributed by atoms with E-state index in [0.29, 0.717) is 31.6 Å². The van der Waals surface area contributed by atoms with Gasteiger partial charge in [-0.3, -0.25) is 4.79 Å². The van der Waals surface area contributed by atoms with Crippen LogP contribution in [-0.2, 0) is 20.9 Å². The second-order valence-corrected chi connectivity index (χ2v) is 8.34. The van der Waals surface area contributed by atoms with Gasteiger partial charge < -0.3 is 14.2 Å². The van der Waals surface area contributed by atoms with Crippen molar-refractivity contribution in [3.05, 3.63) is 42.0 Å². The first-order chi connectivity index (χ1) is 14.1. The van der Waals surface area contributed by atoms with Gasteiger partial charge in [0.2, 0.25) is 5.91 Å². The summed E-state index contributed by atoms with van der Waals surface area (Å²) in [6.07, 6.45) is 6.04. The van der Waals surface area contributed by atoms with E-state index in [4.69, 9.17) is 14.2 Å². The second-order valence-electron chi connectivity index (χ2n) is 8.34. The van der Waals surface area contributed by atoms with Crippen LogP contribution in [0.3, 0.4) is 0 Å². The van der Waals surface area contributed by atoms with Gasteiger partial charge in [-0.25, -0.2) is 9.69 Å². The van der Waals surface area contributed by atoms with Gasteiger partial charge in [0, 0.05) is 5.92 Å². The lowest BCUT2D eigenvalue weighted by atomic mass is 9.70. The van der Waals surface area contributed by atoms with E-state index in [1.807, 2.05) is 24.3 Å². The third-order valence-electron chi connectivity index (χ3n) is 6.66. The van der Waals surface area contributed by atoms with E-state index in [1.54, 1.807) is 7.11 Å². The number of amides is 2. The zero-order valence-electron chi connectivity index (χ0n) is 17.1. The number of cyclic esters (lactones) is 1. The van der Waals surface area contributed by atoms with Crippen molar-refractivity contribution in [2.75, 3.05) is 26.9 Å². The van der Waals surface area contributed by atoms with Gasteiger partial charge in [0.05, 0.1) is 32.8 Å². The highest BCUT2D eigenvalue weighted by Gasteiger charge is 2.48. The average molecular weight is 399 g/mol. The average Bonchev–Trinajstić information content (AvgIpc) is 3.33. The van der Waals surface area contributed by atoms with E-state index in [-0.39, 0.29) is 30.3 Å². The molecule has 156 valence electrons. The Labute approximate surface area is 171 Å². The Morgan fingerprint density at radius 3 is 2.69 bits per heavy atom. The van der Waals surface area contributed by atoms with Crippen molar-refractivity contribution in [1.29, 1.82) is 0 Å². The smallest absolute Gasteiger partial charge is 0.416 e. The van der Waals surface area contributed by atoms with Crippen LogP contribution in [0.2, 0.25) is 0 Å². The van der Waals surface area contributed by atoms with Crippen molar-refractivity contribution >= 4 is 12.0 Å². The molecule has 1 aromatic rings. The van der Waals surface area contributed by atoms with Crippen LogP contribution in [0.15, 0.2) is 36.4 Å². The first-order valence-electron chi connectivity index (χ1n) is 10.5. The monoisotopic (exact) mass is 399 g/mol. The van der Waals surface area contributed by atoms with Gasteiger partial charge in [0.15, 0.2) is 0 Å². The van der Waals surface area contributed by atoms with Crippen LogP contribution in [0, 0.1) is 29.6 Å². The standard InChI is InChI=1S/C23H29NO5/c1-15-3-9-20-19(15)10-6-17(21(20)22(25)24-11-12-29-23(24)26)14-28-13-16-4-7-18(27-2)8-5-16/h4-8,10,15,17,19-21H,3,9,11-14H2,1-2H3/t15-,17-,19+,20+,21+/m0/s1. The number of fused-ring (bicyclic) bond motifs is 1. The highest BCUT2D eigenvalue weighted by molar-refractivity contribution is 5.94. The molecule has 1 saturated heterocycles. The number of nitrogens with zero attached hydrogens (tertiary/aromatic N) is 1. The van der Waals surface area contributed by atoms with Crippen LogP contribution in [0.25, 0.3) is 0 Å². The molecule has 1 aromatic carbocycles. The number of hydrogen-bond acceptors (Lipinski definition) is 5. The lowest BCUT2D eigenvalue weighted by Crippen LogP contribution is -2.46. The predicted molar refractivity (Wildman–Crippen MR) is 107 cm³/mol. The van der Waals surface area contributed by atoms with Crippen molar-refractivity contribution in [3.8, 4) is 5.75 Å². The molecule has 6 heteroatoms. The zero-order valence-corrected chi connectivity index (χ0v) is 17.1. The summed E-state index contributed by atoms with van der Waals surface area (Å²) in [6.45, 7) is 3.83. The third kappa shape index (κ3) is 4.04. The Bertz CT molecular complexity index is 774. The quantitative estimate of drug-likeness (QED) is 0.683. The zero-order chi connectivity index (χ0) is 20.4. The molecule has 2 fully saturated rings. The summed E-state index contributed by atoms with van der Waals surface area (Å²) in [7, 11) is 1.64. The Kier molecular flexibility index (Phi) is 5.90. The maximum Gasteiger partial charge on any atom is 0.416 e. The number of methoxy groups -OCH3 is 1. The Morgan fingerprint density at radius 1 is 1.21 bits per heavy atom. The molecule has 6 nitrogen and oxygen atoms in total. The van der Waals surface area contributed by atoms with E-state index < -0.39 is 6.09 Å². The number of benzene rings is 1. The van der Waals surface area contributed by atoms with E-state index in [9.17, 15) is 9.59 Å². The normalized spacial score (nSPS) is 30.9. The van der Waals surface area contributed by atoms with Crippen molar-refractivity contribution in [1.82, 2.24) is 4.90 Å². The molecule has 0 N–H and O–H groups in total. The highest BCUT2D eigenvalue weighted by Crippen LogP contribution is 2.48. The molecule has 2 amide bonds. The highest BCUT2D eigenvalue weighted by atomic mass is 16.6. The van der Waals surface area contributed by atoms with Gasteiger partial charge in [-0.1, -0.05) is 31.2 Å². The van der Waals surface area contributed by atoms with Crippen LogP contribution in [-0.4, -0.2) is 43.8 Å². The van der Waals surface area contributed by atoms with E-state index in [0.717, 1.165) is 24.2 Å². The lowest BCUT2D eigenvalue weighted by Gasteiger charge is -2.37. The third-order valence-corrected chi connectivity index (χ3v) is 6.66. The molecule has 5 atom stereocenters. The topological polar surface area (TPSA) is 65.1 Å². The molecular formula is C23H29NO5. The van der Waals surface area contributed by atoms with Crippen LogP contribution in [0.4, 0.5) is 4.79 Å². The van der Waals surface area contributed by atoms with Gasteiger partial charge in [0.25, 0.3) is 0 Å². The van der Waals surface area contributed by atoms with E-state index in [1.165, 1.54) is 4.90 Å². The first kappa shape index (κ1) is 20.0. The molecule has 0 aromatic heterocycles. The summed E-state index contributed by atoms with van der Waals surface area (Å²) in [5, 5.41) is 0. The Morgan fingerprint density at radius 2 is 2.00 bits per heavy atom. The van der Waals surface area contributed by atoms with Gasteiger partial charge in [-0.2, -0.15) is 0 Å². The van der Waals surface area contributed by atoms with E-state index >= 15 is 0 Å². The fraction of sp³-hybridized carbons (Fsp3) is 0.565. The van der Waals surface area contributed by atoms with Crippen LogP contribution in [0.1, 0.15) is 25.3 Å². The van der Waals surface area contributed by atoms with Crippen molar-refractivity contribution in [2.45, 2.75) is 26.4 Å². The van der Waals surface area contributed by atoms with Gasteiger partial charge in [-0.15, -0.1) is 0 Å². The minimum Gasteiger partial charge on any atom is -0.497 e.